The minimum absolute atomic E-state index is 0.0828. The molecule has 1 aliphatic rings. The summed E-state index contributed by atoms with van der Waals surface area (Å²) in [6.07, 6.45) is 3.50. The highest BCUT2D eigenvalue weighted by Crippen LogP contribution is 2.33. The van der Waals surface area contributed by atoms with Crippen LogP contribution in [0, 0.1) is 5.92 Å². The number of hydrogen-bond acceptors (Lipinski definition) is 3. The number of hydrogen-bond donors (Lipinski definition) is 3. The number of carbonyl (C=O) groups is 3. The SMILES string of the molecule is CC(C)NC(=O)CCCC(=O)NC(CC1CC1)C(=O)O. The van der Waals surface area contributed by atoms with Gasteiger partial charge in [-0.2, -0.15) is 0 Å². The smallest absolute Gasteiger partial charge is 0.326 e. The minimum atomic E-state index is -0.984. The number of carbonyl (C=O) groups excluding carboxylic acids is 2. The number of carboxylic acid groups (broad SMARTS) is 1. The van der Waals surface area contributed by atoms with E-state index in [1.54, 1.807) is 0 Å². The van der Waals surface area contributed by atoms with Crippen LogP contribution in [0.4, 0.5) is 0 Å². The fraction of sp³-hybridized carbons (Fsp3) is 0.786. The van der Waals surface area contributed by atoms with Gasteiger partial charge in [-0.3, -0.25) is 9.59 Å². The summed E-state index contributed by atoms with van der Waals surface area (Å²) in [6.45, 7) is 3.75. The Morgan fingerprint density at radius 3 is 2.10 bits per heavy atom. The van der Waals surface area contributed by atoms with Gasteiger partial charge in [0.25, 0.3) is 0 Å². The second-order valence-electron chi connectivity index (χ2n) is 5.71. The lowest BCUT2D eigenvalue weighted by molar-refractivity contribution is -0.142. The molecule has 6 heteroatoms. The van der Waals surface area contributed by atoms with Crippen molar-refractivity contribution in [3.05, 3.63) is 0 Å². The van der Waals surface area contributed by atoms with E-state index in [1.165, 1.54) is 0 Å². The summed E-state index contributed by atoms with van der Waals surface area (Å²) < 4.78 is 0. The molecule has 0 aromatic carbocycles. The molecule has 6 nitrogen and oxygen atoms in total. The molecule has 1 unspecified atom stereocenters. The summed E-state index contributed by atoms with van der Waals surface area (Å²) >= 11 is 0. The second kappa shape index (κ2) is 7.87. The van der Waals surface area contributed by atoms with Crippen molar-refractivity contribution < 1.29 is 19.5 Å². The Labute approximate surface area is 119 Å². The van der Waals surface area contributed by atoms with Crippen LogP contribution in [0.5, 0.6) is 0 Å². The van der Waals surface area contributed by atoms with Crippen molar-refractivity contribution in [2.75, 3.05) is 0 Å². The topological polar surface area (TPSA) is 95.5 Å². The molecular formula is C14H24N2O4. The fourth-order valence-electron chi connectivity index (χ4n) is 1.98. The maximum atomic E-state index is 11.7. The van der Waals surface area contributed by atoms with Crippen LogP contribution in [-0.2, 0) is 14.4 Å². The predicted molar refractivity (Wildman–Crippen MR) is 74.0 cm³/mol. The molecular weight excluding hydrogens is 260 g/mol. The number of amides is 2. The van der Waals surface area contributed by atoms with Crippen LogP contribution in [0.1, 0.15) is 52.4 Å². The predicted octanol–water partition coefficient (Wildman–Crippen LogP) is 1.05. The Kier molecular flexibility index (Phi) is 6.48. The van der Waals surface area contributed by atoms with Crippen LogP contribution in [0.3, 0.4) is 0 Å². The zero-order chi connectivity index (χ0) is 15.1. The van der Waals surface area contributed by atoms with Crippen LogP contribution < -0.4 is 10.6 Å². The van der Waals surface area contributed by atoms with Gasteiger partial charge in [-0.25, -0.2) is 4.79 Å². The molecule has 20 heavy (non-hydrogen) atoms. The normalized spacial score (nSPS) is 15.8. The molecule has 3 N–H and O–H groups in total. The van der Waals surface area contributed by atoms with Gasteiger partial charge in [0.05, 0.1) is 0 Å². The van der Waals surface area contributed by atoms with E-state index in [0.717, 1.165) is 12.8 Å². The summed E-state index contributed by atoms with van der Waals surface area (Å²) in [5, 5.41) is 14.3. The van der Waals surface area contributed by atoms with Gasteiger partial charge < -0.3 is 15.7 Å². The van der Waals surface area contributed by atoms with Crippen LogP contribution >= 0.6 is 0 Å². The van der Waals surface area contributed by atoms with E-state index < -0.39 is 12.0 Å². The Morgan fingerprint density at radius 2 is 1.65 bits per heavy atom. The highest BCUT2D eigenvalue weighted by atomic mass is 16.4. The molecule has 0 saturated heterocycles. The second-order valence-corrected chi connectivity index (χ2v) is 5.71. The standard InChI is InChI=1S/C14H24N2O4/c1-9(2)15-12(17)4-3-5-13(18)16-11(14(19)20)8-10-6-7-10/h9-11H,3-8H2,1-2H3,(H,15,17)(H,16,18)(H,19,20). The highest BCUT2D eigenvalue weighted by Gasteiger charge is 2.29. The number of rotatable bonds is 9. The van der Waals surface area contributed by atoms with Crippen molar-refractivity contribution in [1.29, 1.82) is 0 Å². The average Bonchev–Trinajstić information content (AvgIpc) is 3.10. The van der Waals surface area contributed by atoms with Crippen molar-refractivity contribution in [3.8, 4) is 0 Å². The van der Waals surface area contributed by atoms with Gasteiger partial charge in [0.15, 0.2) is 0 Å². The molecule has 0 heterocycles. The maximum Gasteiger partial charge on any atom is 0.326 e. The Balaban J connectivity index is 2.20. The van der Waals surface area contributed by atoms with E-state index in [-0.39, 0.29) is 30.7 Å². The number of carboxylic acids is 1. The largest absolute Gasteiger partial charge is 0.480 e. The van der Waals surface area contributed by atoms with Gasteiger partial charge in [-0.1, -0.05) is 12.8 Å². The first-order valence-electron chi connectivity index (χ1n) is 7.20. The maximum absolute atomic E-state index is 11.7. The van der Waals surface area contributed by atoms with E-state index in [4.69, 9.17) is 5.11 Å². The lowest BCUT2D eigenvalue weighted by atomic mass is 10.1. The molecule has 0 radical (unpaired) electrons. The molecule has 1 fully saturated rings. The van der Waals surface area contributed by atoms with E-state index in [0.29, 0.717) is 18.8 Å². The minimum Gasteiger partial charge on any atom is -0.480 e. The third-order valence-corrected chi connectivity index (χ3v) is 3.16. The molecule has 1 saturated carbocycles. The summed E-state index contributed by atoms with van der Waals surface area (Å²) in [5.41, 5.74) is 0. The quantitative estimate of drug-likeness (QED) is 0.589. The zero-order valence-electron chi connectivity index (χ0n) is 12.1. The molecule has 2 amide bonds. The Bertz CT molecular complexity index is 364. The third kappa shape index (κ3) is 7.11. The Hall–Kier alpha value is -1.59. The van der Waals surface area contributed by atoms with E-state index in [9.17, 15) is 14.4 Å². The summed E-state index contributed by atoms with van der Waals surface area (Å²) in [7, 11) is 0. The number of nitrogens with one attached hydrogen (secondary N) is 2. The van der Waals surface area contributed by atoms with Gasteiger partial charge in [-0.05, 0) is 32.6 Å². The van der Waals surface area contributed by atoms with Crippen molar-refractivity contribution in [2.45, 2.75) is 64.5 Å². The van der Waals surface area contributed by atoms with Gasteiger partial charge in [-0.15, -0.1) is 0 Å². The van der Waals surface area contributed by atoms with Crippen molar-refractivity contribution in [1.82, 2.24) is 10.6 Å². The fourth-order valence-corrected chi connectivity index (χ4v) is 1.98. The average molecular weight is 284 g/mol. The van der Waals surface area contributed by atoms with Crippen LogP contribution in [0.15, 0.2) is 0 Å². The lowest BCUT2D eigenvalue weighted by Crippen LogP contribution is -2.41. The molecule has 1 rings (SSSR count). The summed E-state index contributed by atoms with van der Waals surface area (Å²) in [5.74, 6) is -0.924. The first-order valence-corrected chi connectivity index (χ1v) is 7.20. The molecule has 0 aliphatic heterocycles. The number of aliphatic carboxylic acids is 1. The van der Waals surface area contributed by atoms with Gasteiger partial charge in [0, 0.05) is 18.9 Å². The third-order valence-electron chi connectivity index (χ3n) is 3.16. The van der Waals surface area contributed by atoms with Crippen molar-refractivity contribution >= 4 is 17.8 Å². The van der Waals surface area contributed by atoms with Crippen LogP contribution in [0.25, 0.3) is 0 Å². The van der Waals surface area contributed by atoms with Gasteiger partial charge in [0.2, 0.25) is 11.8 Å². The highest BCUT2D eigenvalue weighted by molar-refractivity contribution is 5.84. The van der Waals surface area contributed by atoms with E-state index >= 15 is 0 Å². The van der Waals surface area contributed by atoms with Gasteiger partial charge >= 0.3 is 5.97 Å². The first kappa shape index (κ1) is 16.5. The van der Waals surface area contributed by atoms with Crippen molar-refractivity contribution in [3.63, 3.8) is 0 Å². The van der Waals surface area contributed by atoms with Crippen molar-refractivity contribution in [2.24, 2.45) is 5.92 Å². The molecule has 0 bridgehead atoms. The molecule has 1 aliphatic carbocycles. The molecule has 0 aromatic heterocycles. The van der Waals surface area contributed by atoms with Crippen LogP contribution in [-0.4, -0.2) is 35.0 Å². The van der Waals surface area contributed by atoms with E-state index in [1.807, 2.05) is 13.8 Å². The molecule has 1 atom stereocenters. The molecule has 0 spiro atoms. The first-order chi connectivity index (χ1) is 9.38. The Morgan fingerprint density at radius 1 is 1.10 bits per heavy atom. The van der Waals surface area contributed by atoms with Crippen LogP contribution in [0.2, 0.25) is 0 Å². The summed E-state index contributed by atoms with van der Waals surface area (Å²) in [6, 6.07) is -0.703. The monoisotopic (exact) mass is 284 g/mol. The molecule has 114 valence electrons. The van der Waals surface area contributed by atoms with E-state index in [2.05, 4.69) is 10.6 Å². The molecule has 0 aromatic rings. The summed E-state index contributed by atoms with van der Waals surface area (Å²) in [4.78, 5) is 34.1. The lowest BCUT2D eigenvalue weighted by Gasteiger charge is -2.14. The van der Waals surface area contributed by atoms with Gasteiger partial charge in [0.1, 0.15) is 6.04 Å². The zero-order valence-corrected chi connectivity index (χ0v) is 12.1.